The molecule has 0 radical (unpaired) electrons. The number of hydrogen-bond acceptors (Lipinski definition) is 4. The smallest absolute Gasteiger partial charge is 0.330 e. The van der Waals surface area contributed by atoms with E-state index in [2.05, 4.69) is 80.7 Å². The van der Waals surface area contributed by atoms with Crippen LogP contribution in [0.5, 0.6) is 0 Å². The number of esters is 1. The van der Waals surface area contributed by atoms with Gasteiger partial charge in [-0.3, -0.25) is 9.80 Å². The van der Waals surface area contributed by atoms with E-state index in [0.717, 1.165) is 36.2 Å². The van der Waals surface area contributed by atoms with Crippen LogP contribution in [0.15, 0.2) is 59.1 Å². The van der Waals surface area contributed by atoms with Gasteiger partial charge in [-0.05, 0) is 48.7 Å². The zero-order valence-corrected chi connectivity index (χ0v) is 18.9. The minimum Gasteiger partial charge on any atom is -0.466 e. The number of ether oxygens (including phenoxy) is 1. The zero-order valence-electron chi connectivity index (χ0n) is 17.3. The highest BCUT2D eigenvalue weighted by Gasteiger charge is 2.29. The molecule has 0 bridgehead atoms. The van der Waals surface area contributed by atoms with Gasteiger partial charge < -0.3 is 4.74 Å². The molecule has 29 heavy (non-hydrogen) atoms. The SMILES string of the molecule is COC(=O)C=Cc1ccc(CN2[C@H](C)CN(Cc3ccc(Br)cc3)C[C@@H]2C)cc1. The Morgan fingerprint density at radius 3 is 2.14 bits per heavy atom. The van der Waals surface area contributed by atoms with Crippen molar-refractivity contribution in [1.29, 1.82) is 0 Å². The highest BCUT2D eigenvalue weighted by molar-refractivity contribution is 9.10. The number of methoxy groups -OCH3 is 1. The van der Waals surface area contributed by atoms with Crippen LogP contribution in [0.3, 0.4) is 0 Å². The van der Waals surface area contributed by atoms with Crippen molar-refractivity contribution >= 4 is 28.0 Å². The third kappa shape index (κ3) is 6.26. The molecule has 0 spiro atoms. The lowest BCUT2D eigenvalue weighted by Crippen LogP contribution is -2.55. The summed E-state index contributed by atoms with van der Waals surface area (Å²) >= 11 is 3.51. The molecule has 0 aromatic heterocycles. The first-order valence-electron chi connectivity index (χ1n) is 10.0. The van der Waals surface area contributed by atoms with Crippen molar-refractivity contribution in [3.05, 3.63) is 75.8 Å². The Bertz CT molecular complexity index is 821. The first-order valence-corrected chi connectivity index (χ1v) is 10.8. The molecule has 0 aliphatic carbocycles. The standard InChI is InChI=1S/C24H29BrN2O2/c1-18-14-26(16-21-8-11-23(25)12-9-21)15-19(2)27(18)17-22-6-4-20(5-7-22)10-13-24(28)29-3/h4-13,18-19H,14-17H2,1-3H3/t18-,19+. The summed E-state index contributed by atoms with van der Waals surface area (Å²) < 4.78 is 5.76. The number of carbonyl (C=O) groups is 1. The van der Waals surface area contributed by atoms with Gasteiger partial charge in [0, 0.05) is 48.8 Å². The first-order chi connectivity index (χ1) is 13.9. The Hall–Kier alpha value is -1.95. The van der Waals surface area contributed by atoms with Crippen LogP contribution in [-0.2, 0) is 22.6 Å². The third-order valence-electron chi connectivity index (χ3n) is 5.45. The highest BCUT2D eigenvalue weighted by atomic mass is 79.9. The van der Waals surface area contributed by atoms with Gasteiger partial charge in [-0.25, -0.2) is 4.79 Å². The van der Waals surface area contributed by atoms with Gasteiger partial charge in [-0.2, -0.15) is 0 Å². The molecule has 4 nitrogen and oxygen atoms in total. The molecule has 1 heterocycles. The molecule has 2 aromatic carbocycles. The molecule has 2 aromatic rings. The maximum Gasteiger partial charge on any atom is 0.330 e. The normalized spacial score (nSPS) is 20.8. The molecular formula is C24H29BrN2O2. The van der Waals surface area contributed by atoms with Crippen molar-refractivity contribution in [1.82, 2.24) is 9.80 Å². The second-order valence-electron chi connectivity index (χ2n) is 7.79. The molecule has 1 saturated heterocycles. The molecule has 154 valence electrons. The average Bonchev–Trinajstić information content (AvgIpc) is 2.71. The zero-order chi connectivity index (χ0) is 20.8. The summed E-state index contributed by atoms with van der Waals surface area (Å²) in [4.78, 5) is 16.4. The lowest BCUT2D eigenvalue weighted by molar-refractivity contribution is -0.134. The molecule has 0 unspecified atom stereocenters. The first kappa shape index (κ1) is 21.8. The second kappa shape index (κ2) is 10.2. The van der Waals surface area contributed by atoms with Crippen molar-refractivity contribution in [3.8, 4) is 0 Å². The Labute approximate surface area is 182 Å². The average molecular weight is 457 g/mol. The minimum atomic E-state index is -0.335. The number of piperazine rings is 1. The van der Waals surface area contributed by atoms with Crippen molar-refractivity contribution in [2.45, 2.75) is 39.0 Å². The molecule has 0 saturated carbocycles. The number of benzene rings is 2. The monoisotopic (exact) mass is 456 g/mol. The van der Waals surface area contributed by atoms with E-state index in [1.54, 1.807) is 6.08 Å². The van der Waals surface area contributed by atoms with E-state index in [0.29, 0.717) is 12.1 Å². The van der Waals surface area contributed by atoms with Crippen molar-refractivity contribution < 1.29 is 9.53 Å². The summed E-state index contributed by atoms with van der Waals surface area (Å²) in [6.45, 7) is 8.71. The van der Waals surface area contributed by atoms with Crippen LogP contribution >= 0.6 is 15.9 Å². The molecular weight excluding hydrogens is 428 g/mol. The van der Waals surface area contributed by atoms with Crippen LogP contribution in [0, 0.1) is 0 Å². The summed E-state index contributed by atoms with van der Waals surface area (Å²) in [5.41, 5.74) is 3.65. The predicted molar refractivity (Wildman–Crippen MR) is 121 cm³/mol. The molecule has 1 aliphatic heterocycles. The van der Waals surface area contributed by atoms with Gasteiger partial charge in [0.2, 0.25) is 0 Å². The van der Waals surface area contributed by atoms with Crippen LogP contribution in [0.1, 0.15) is 30.5 Å². The number of rotatable bonds is 6. The quantitative estimate of drug-likeness (QED) is 0.464. The van der Waals surface area contributed by atoms with E-state index >= 15 is 0 Å². The van der Waals surface area contributed by atoms with Gasteiger partial charge in [0.25, 0.3) is 0 Å². The van der Waals surface area contributed by atoms with E-state index in [1.807, 2.05) is 12.1 Å². The van der Waals surface area contributed by atoms with E-state index < -0.39 is 0 Å². The fourth-order valence-electron chi connectivity index (χ4n) is 3.93. The van der Waals surface area contributed by atoms with Crippen LogP contribution in [0.2, 0.25) is 0 Å². The van der Waals surface area contributed by atoms with Gasteiger partial charge in [0.15, 0.2) is 0 Å². The van der Waals surface area contributed by atoms with E-state index in [9.17, 15) is 4.79 Å². The van der Waals surface area contributed by atoms with Crippen molar-refractivity contribution in [2.24, 2.45) is 0 Å². The Balaban J connectivity index is 1.57. The van der Waals surface area contributed by atoms with E-state index in [1.165, 1.54) is 24.3 Å². The van der Waals surface area contributed by atoms with Gasteiger partial charge in [0.05, 0.1) is 7.11 Å². The number of carbonyl (C=O) groups excluding carboxylic acids is 1. The predicted octanol–water partition coefficient (Wildman–Crippen LogP) is 4.73. The van der Waals surface area contributed by atoms with Gasteiger partial charge in [0.1, 0.15) is 0 Å². The Morgan fingerprint density at radius 1 is 1.00 bits per heavy atom. The maximum absolute atomic E-state index is 11.2. The summed E-state index contributed by atoms with van der Waals surface area (Å²) in [5.74, 6) is -0.335. The van der Waals surface area contributed by atoms with Crippen LogP contribution in [-0.4, -0.2) is 48.1 Å². The van der Waals surface area contributed by atoms with Crippen LogP contribution < -0.4 is 0 Å². The molecule has 2 atom stereocenters. The molecule has 0 N–H and O–H groups in total. The largest absolute Gasteiger partial charge is 0.466 e. The third-order valence-corrected chi connectivity index (χ3v) is 5.98. The molecule has 1 aliphatic rings. The maximum atomic E-state index is 11.2. The number of hydrogen-bond donors (Lipinski definition) is 0. The number of halogens is 1. The summed E-state index contributed by atoms with van der Waals surface area (Å²) in [5, 5.41) is 0. The van der Waals surface area contributed by atoms with Crippen molar-refractivity contribution in [3.63, 3.8) is 0 Å². The topological polar surface area (TPSA) is 32.8 Å². The lowest BCUT2D eigenvalue weighted by atomic mass is 10.0. The number of nitrogens with zero attached hydrogens (tertiary/aromatic N) is 2. The second-order valence-corrected chi connectivity index (χ2v) is 8.70. The Morgan fingerprint density at radius 2 is 1.55 bits per heavy atom. The van der Waals surface area contributed by atoms with Crippen LogP contribution in [0.4, 0.5) is 0 Å². The fraction of sp³-hybridized carbons (Fsp3) is 0.375. The molecule has 3 rings (SSSR count). The molecule has 5 heteroatoms. The molecule has 0 amide bonds. The van der Waals surface area contributed by atoms with Gasteiger partial charge in [-0.15, -0.1) is 0 Å². The highest BCUT2D eigenvalue weighted by Crippen LogP contribution is 2.21. The summed E-state index contributed by atoms with van der Waals surface area (Å²) in [6.07, 6.45) is 3.23. The van der Waals surface area contributed by atoms with Gasteiger partial charge >= 0.3 is 5.97 Å². The minimum absolute atomic E-state index is 0.335. The van der Waals surface area contributed by atoms with Gasteiger partial charge in [-0.1, -0.05) is 52.3 Å². The Kier molecular flexibility index (Phi) is 7.64. The summed E-state index contributed by atoms with van der Waals surface area (Å²) in [7, 11) is 1.39. The lowest BCUT2D eigenvalue weighted by Gasteiger charge is -2.44. The summed E-state index contributed by atoms with van der Waals surface area (Å²) in [6, 6.07) is 18.0. The van der Waals surface area contributed by atoms with Crippen molar-refractivity contribution in [2.75, 3.05) is 20.2 Å². The fourth-order valence-corrected chi connectivity index (χ4v) is 4.20. The van der Waals surface area contributed by atoms with Crippen LogP contribution in [0.25, 0.3) is 6.08 Å². The molecule has 1 fully saturated rings. The van der Waals surface area contributed by atoms with E-state index in [-0.39, 0.29) is 5.97 Å². The van der Waals surface area contributed by atoms with E-state index in [4.69, 9.17) is 0 Å².